The molecule has 3 aromatic rings. The van der Waals surface area contributed by atoms with Gasteiger partial charge < -0.3 is 20.6 Å². The van der Waals surface area contributed by atoms with Crippen molar-refractivity contribution in [3.8, 4) is 5.69 Å². The Bertz CT molecular complexity index is 1760. The molecule has 2 aliphatic rings. The van der Waals surface area contributed by atoms with Gasteiger partial charge in [-0.2, -0.15) is 0 Å². The lowest BCUT2D eigenvalue weighted by Crippen LogP contribution is -2.35. The Morgan fingerprint density at radius 2 is 1.98 bits per heavy atom. The van der Waals surface area contributed by atoms with Gasteiger partial charge in [0.15, 0.2) is 5.60 Å². The predicted octanol–water partition coefficient (Wildman–Crippen LogP) is 5.47. The highest BCUT2D eigenvalue weighted by Crippen LogP contribution is 2.35. The number of carboxylic acid groups (broad SMARTS) is 1. The van der Waals surface area contributed by atoms with Gasteiger partial charge in [-0.25, -0.2) is 9.37 Å². The molecule has 216 valence electrons. The summed E-state index contributed by atoms with van der Waals surface area (Å²) >= 11 is 6.63. The molecule has 3 heterocycles. The van der Waals surface area contributed by atoms with Crippen molar-refractivity contribution in [2.45, 2.75) is 44.6 Å². The first kappa shape index (κ1) is 28.8. The Labute approximate surface area is 246 Å². The van der Waals surface area contributed by atoms with E-state index in [1.54, 1.807) is 36.2 Å². The Balaban J connectivity index is 1.47. The number of aryl methyl sites for hydroxylation is 1. The topological polar surface area (TPSA) is 123 Å². The smallest absolute Gasteiger partial charge is 0.303 e. The number of nitrogens with zero attached hydrogens (tertiary/aromatic N) is 4. The molecule has 3 N–H and O–H groups in total. The largest absolute Gasteiger partial charge is 0.481 e. The van der Waals surface area contributed by atoms with E-state index in [1.165, 1.54) is 28.8 Å². The van der Waals surface area contributed by atoms with Gasteiger partial charge in [0.1, 0.15) is 16.8 Å². The number of hydrogen-bond acceptors (Lipinski definition) is 7. The highest BCUT2D eigenvalue weighted by molar-refractivity contribution is 6.30. The molecule has 0 radical (unpaired) electrons. The minimum atomic E-state index is -1.02. The molecular weight excluding hydrogens is 561 g/mol. The molecule has 0 aliphatic carbocycles. The number of hydrogen-bond donors (Lipinski definition) is 2. The van der Waals surface area contributed by atoms with E-state index in [0.29, 0.717) is 65.1 Å². The molecule has 0 bridgehead atoms. The third-order valence-corrected chi connectivity index (χ3v) is 7.59. The fourth-order valence-electron chi connectivity index (χ4n) is 4.85. The quantitative estimate of drug-likeness (QED) is 0.250. The number of unbranched alkanes of at least 4 members (excludes halogenated alkanes) is 1. The van der Waals surface area contributed by atoms with Crippen LogP contribution in [-0.2, 0) is 16.1 Å². The average molecular weight is 590 g/mol. The van der Waals surface area contributed by atoms with Gasteiger partial charge in [0.05, 0.1) is 28.0 Å². The lowest BCUT2D eigenvalue weighted by atomic mass is 9.93. The summed E-state index contributed by atoms with van der Waals surface area (Å²) in [6.07, 6.45) is 8.83. The molecule has 2 aromatic carbocycles. The van der Waals surface area contributed by atoms with Gasteiger partial charge in [-0.05, 0) is 68.3 Å². The zero-order valence-electron chi connectivity index (χ0n) is 22.9. The molecule has 0 saturated heterocycles. The standard InChI is InChI=1S/C31H29ClFN5O4/c1-19-7-5-6-16-37(19)29(32)28(34)31(2)18-25(36-42-31)20-10-15-23-24(17-20)35-26(8-3-4-9-27(39)40)38(30(23)41)22-13-11-21(33)12-14-22/h5-7,10-17H,1,3-4,8-9,18,34H2,2H3,(H,39,40)/b29-28-/t31-/m1/s1. The summed E-state index contributed by atoms with van der Waals surface area (Å²) in [5, 5.41) is 13.9. The van der Waals surface area contributed by atoms with E-state index in [4.69, 9.17) is 32.3 Å². The van der Waals surface area contributed by atoms with Crippen LogP contribution in [-0.4, -0.2) is 36.8 Å². The zero-order valence-corrected chi connectivity index (χ0v) is 23.6. The molecule has 0 spiro atoms. The van der Waals surface area contributed by atoms with E-state index in [2.05, 4.69) is 11.7 Å². The zero-order chi connectivity index (χ0) is 30.0. The van der Waals surface area contributed by atoms with E-state index in [1.807, 2.05) is 18.2 Å². The lowest BCUT2D eigenvalue weighted by molar-refractivity contribution is -0.137. The van der Waals surface area contributed by atoms with Gasteiger partial charge in [0, 0.05) is 36.7 Å². The summed E-state index contributed by atoms with van der Waals surface area (Å²) in [7, 11) is 0. The molecule has 9 nitrogen and oxygen atoms in total. The van der Waals surface area contributed by atoms with Crippen LogP contribution in [0.2, 0.25) is 0 Å². The van der Waals surface area contributed by atoms with E-state index >= 15 is 0 Å². The first-order chi connectivity index (χ1) is 20.1. The highest BCUT2D eigenvalue weighted by Gasteiger charge is 2.40. The Morgan fingerprint density at radius 1 is 1.21 bits per heavy atom. The molecule has 1 aromatic heterocycles. The highest BCUT2D eigenvalue weighted by atomic mass is 35.5. The summed E-state index contributed by atoms with van der Waals surface area (Å²) < 4.78 is 15.1. The number of carbonyl (C=O) groups is 1. The van der Waals surface area contributed by atoms with Crippen LogP contribution < -0.4 is 11.3 Å². The second-order valence-corrected chi connectivity index (χ2v) is 10.6. The van der Waals surface area contributed by atoms with Crippen molar-refractivity contribution in [2.24, 2.45) is 10.9 Å². The number of halogens is 2. The molecule has 1 atom stereocenters. The SMILES string of the molecule is C=C1C=CC=CN1/C(Cl)=C(\N)[C@@]1(C)CC(c2ccc3c(=O)n(-c4ccc(F)cc4)c(CCCCC(=O)O)nc3c2)=NO1. The number of aromatic nitrogens is 2. The van der Waals surface area contributed by atoms with Crippen molar-refractivity contribution >= 4 is 34.2 Å². The van der Waals surface area contributed by atoms with Crippen LogP contribution in [0.4, 0.5) is 4.39 Å². The van der Waals surface area contributed by atoms with Crippen molar-refractivity contribution in [3.63, 3.8) is 0 Å². The van der Waals surface area contributed by atoms with E-state index in [-0.39, 0.29) is 22.8 Å². The molecule has 0 saturated carbocycles. The van der Waals surface area contributed by atoms with Crippen LogP contribution in [0.5, 0.6) is 0 Å². The third kappa shape index (κ3) is 5.71. The van der Waals surface area contributed by atoms with Crippen molar-refractivity contribution in [1.29, 1.82) is 0 Å². The number of aliphatic carboxylic acids is 1. The van der Waals surface area contributed by atoms with Crippen LogP contribution in [0.1, 0.15) is 44.0 Å². The molecule has 42 heavy (non-hydrogen) atoms. The van der Waals surface area contributed by atoms with Crippen LogP contribution in [0, 0.1) is 5.82 Å². The predicted molar refractivity (Wildman–Crippen MR) is 159 cm³/mol. The van der Waals surface area contributed by atoms with Crippen LogP contribution in [0.25, 0.3) is 16.6 Å². The monoisotopic (exact) mass is 589 g/mol. The van der Waals surface area contributed by atoms with Crippen molar-refractivity contribution in [3.05, 3.63) is 118 Å². The number of carboxylic acids is 1. The molecule has 0 unspecified atom stereocenters. The maximum atomic E-state index is 13.7. The van der Waals surface area contributed by atoms with E-state index in [9.17, 15) is 14.0 Å². The molecule has 5 rings (SSSR count). The second-order valence-electron chi connectivity index (χ2n) is 10.3. The summed E-state index contributed by atoms with van der Waals surface area (Å²) in [5.41, 5.74) is 8.29. The van der Waals surface area contributed by atoms with E-state index in [0.717, 1.165) is 0 Å². The van der Waals surface area contributed by atoms with Crippen molar-refractivity contribution in [1.82, 2.24) is 14.5 Å². The molecule has 11 heteroatoms. The Morgan fingerprint density at radius 3 is 2.69 bits per heavy atom. The fraction of sp³-hybridized carbons (Fsp3) is 0.226. The van der Waals surface area contributed by atoms with Crippen LogP contribution in [0.15, 0.2) is 100.0 Å². The van der Waals surface area contributed by atoms with E-state index < -0.39 is 17.4 Å². The molecule has 0 amide bonds. The first-order valence-electron chi connectivity index (χ1n) is 13.3. The number of nitrogens with two attached hydrogens (primary N) is 1. The summed E-state index contributed by atoms with van der Waals surface area (Å²) in [4.78, 5) is 36.9. The maximum Gasteiger partial charge on any atom is 0.303 e. The summed E-state index contributed by atoms with van der Waals surface area (Å²) in [5.74, 6) is -0.871. The average Bonchev–Trinajstić information content (AvgIpc) is 3.38. The first-order valence-corrected chi connectivity index (χ1v) is 13.7. The Kier molecular flexibility index (Phi) is 8.00. The fourth-order valence-corrected chi connectivity index (χ4v) is 5.22. The van der Waals surface area contributed by atoms with Gasteiger partial charge in [0.25, 0.3) is 5.56 Å². The Hall–Kier alpha value is -4.70. The summed E-state index contributed by atoms with van der Waals surface area (Å²) in [6, 6.07) is 10.8. The minimum absolute atomic E-state index is 0.0115. The normalized spacial score (nSPS) is 18.7. The minimum Gasteiger partial charge on any atom is -0.481 e. The van der Waals surface area contributed by atoms with Gasteiger partial charge in [0.2, 0.25) is 0 Å². The number of fused-ring (bicyclic) bond motifs is 1. The number of rotatable bonds is 9. The molecular formula is C31H29ClFN5O4. The van der Waals surface area contributed by atoms with Crippen LogP contribution in [0.3, 0.4) is 0 Å². The summed E-state index contributed by atoms with van der Waals surface area (Å²) in [6.45, 7) is 5.78. The maximum absolute atomic E-state index is 13.7. The molecule has 2 aliphatic heterocycles. The van der Waals surface area contributed by atoms with Crippen molar-refractivity contribution in [2.75, 3.05) is 0 Å². The van der Waals surface area contributed by atoms with Crippen LogP contribution >= 0.6 is 11.6 Å². The van der Waals surface area contributed by atoms with Gasteiger partial charge in [-0.3, -0.25) is 14.2 Å². The lowest BCUT2D eigenvalue weighted by Gasteiger charge is -2.28. The third-order valence-electron chi connectivity index (χ3n) is 7.21. The second kappa shape index (κ2) is 11.7. The number of allylic oxidation sites excluding steroid dienone is 3. The van der Waals surface area contributed by atoms with Gasteiger partial charge in [-0.1, -0.05) is 35.5 Å². The van der Waals surface area contributed by atoms with Gasteiger partial charge >= 0.3 is 5.97 Å². The molecule has 0 fully saturated rings. The van der Waals surface area contributed by atoms with Crippen molar-refractivity contribution < 1.29 is 19.1 Å². The van der Waals surface area contributed by atoms with Gasteiger partial charge in [-0.15, -0.1) is 0 Å². The number of oxime groups is 1. The number of benzene rings is 2.